The zero-order valence-corrected chi connectivity index (χ0v) is 15.3. The quantitative estimate of drug-likeness (QED) is 0.690. The summed E-state index contributed by atoms with van der Waals surface area (Å²) in [5.41, 5.74) is 3.12. The van der Waals surface area contributed by atoms with Gasteiger partial charge in [0.25, 0.3) is 15.9 Å². The number of carbonyl (C=O) groups is 1. The van der Waals surface area contributed by atoms with Crippen molar-refractivity contribution in [3.8, 4) is 5.75 Å². The molecule has 0 bridgehead atoms. The highest BCUT2D eigenvalue weighted by Crippen LogP contribution is 2.20. The number of sulfonamides is 1. The van der Waals surface area contributed by atoms with Gasteiger partial charge in [0.05, 0.1) is 4.90 Å². The van der Waals surface area contributed by atoms with E-state index in [1.165, 1.54) is 36.4 Å². The van der Waals surface area contributed by atoms with Crippen LogP contribution in [0.2, 0.25) is 0 Å². The molecule has 0 saturated heterocycles. The molecule has 140 valence electrons. The first kappa shape index (κ1) is 19.9. The SMILES string of the molecule is CC[C@H](C)c1ccc(S(=O)(=O)NNC(=O)COc2ccc(F)cc2)cc1. The lowest BCUT2D eigenvalue weighted by Crippen LogP contribution is -2.43. The highest BCUT2D eigenvalue weighted by molar-refractivity contribution is 7.89. The van der Waals surface area contributed by atoms with Gasteiger partial charge in [0.2, 0.25) is 0 Å². The third kappa shape index (κ3) is 5.53. The van der Waals surface area contributed by atoms with Crippen molar-refractivity contribution in [1.82, 2.24) is 10.3 Å². The van der Waals surface area contributed by atoms with E-state index in [1.807, 2.05) is 4.83 Å². The van der Waals surface area contributed by atoms with Gasteiger partial charge in [-0.2, -0.15) is 0 Å². The monoisotopic (exact) mass is 380 g/mol. The average molecular weight is 380 g/mol. The number of rotatable bonds is 8. The standard InChI is InChI=1S/C18H21FN2O4S/c1-3-13(2)14-4-10-17(11-5-14)26(23,24)21-20-18(22)12-25-16-8-6-15(19)7-9-16/h4-11,13,21H,3,12H2,1-2H3,(H,20,22)/t13-/m0/s1. The lowest BCUT2D eigenvalue weighted by molar-refractivity contribution is -0.123. The number of hydrazine groups is 1. The molecule has 0 aliphatic heterocycles. The summed E-state index contributed by atoms with van der Waals surface area (Å²) in [7, 11) is -3.88. The molecule has 26 heavy (non-hydrogen) atoms. The fourth-order valence-electron chi connectivity index (χ4n) is 2.11. The molecule has 0 spiro atoms. The van der Waals surface area contributed by atoms with Gasteiger partial charge in [-0.1, -0.05) is 26.0 Å². The molecule has 2 rings (SSSR count). The highest BCUT2D eigenvalue weighted by Gasteiger charge is 2.16. The summed E-state index contributed by atoms with van der Waals surface area (Å²) in [4.78, 5) is 13.8. The number of benzene rings is 2. The Morgan fingerprint density at radius 3 is 2.31 bits per heavy atom. The Kier molecular flexibility index (Phi) is 6.70. The van der Waals surface area contributed by atoms with Gasteiger partial charge in [0.15, 0.2) is 6.61 Å². The number of nitrogens with one attached hydrogen (secondary N) is 2. The maximum atomic E-state index is 12.8. The van der Waals surface area contributed by atoms with Crippen molar-refractivity contribution in [1.29, 1.82) is 0 Å². The van der Waals surface area contributed by atoms with Crippen LogP contribution in [0.4, 0.5) is 4.39 Å². The van der Waals surface area contributed by atoms with Crippen molar-refractivity contribution in [3.63, 3.8) is 0 Å². The van der Waals surface area contributed by atoms with Gasteiger partial charge >= 0.3 is 0 Å². The van der Waals surface area contributed by atoms with Crippen LogP contribution in [0, 0.1) is 5.82 Å². The minimum atomic E-state index is -3.88. The fourth-order valence-corrected chi connectivity index (χ4v) is 2.97. The van der Waals surface area contributed by atoms with E-state index < -0.39 is 28.4 Å². The molecule has 0 heterocycles. The van der Waals surface area contributed by atoms with E-state index >= 15 is 0 Å². The molecule has 0 radical (unpaired) electrons. The molecule has 8 heteroatoms. The molecule has 0 saturated carbocycles. The van der Waals surface area contributed by atoms with Crippen molar-refractivity contribution in [3.05, 3.63) is 59.9 Å². The molecule has 0 fully saturated rings. The minimum Gasteiger partial charge on any atom is -0.484 e. The van der Waals surface area contributed by atoms with Gasteiger partial charge in [0, 0.05) is 0 Å². The first-order valence-corrected chi connectivity index (χ1v) is 9.59. The predicted octanol–water partition coefficient (Wildman–Crippen LogP) is 2.73. The minimum absolute atomic E-state index is 0.0457. The molecule has 0 aliphatic rings. The average Bonchev–Trinajstić information content (AvgIpc) is 2.65. The van der Waals surface area contributed by atoms with E-state index in [2.05, 4.69) is 19.3 Å². The summed E-state index contributed by atoms with van der Waals surface area (Å²) in [5.74, 6) is -0.476. The topological polar surface area (TPSA) is 84.5 Å². The van der Waals surface area contributed by atoms with Crippen LogP contribution in [0.1, 0.15) is 31.7 Å². The molecule has 2 aromatic rings. The van der Waals surface area contributed by atoms with Gasteiger partial charge < -0.3 is 4.74 Å². The third-order valence-electron chi connectivity index (χ3n) is 3.88. The van der Waals surface area contributed by atoms with E-state index in [0.717, 1.165) is 12.0 Å². The number of ether oxygens (including phenoxy) is 1. The van der Waals surface area contributed by atoms with Gasteiger partial charge in [-0.25, -0.2) is 12.8 Å². The van der Waals surface area contributed by atoms with Crippen LogP contribution in [-0.4, -0.2) is 20.9 Å². The van der Waals surface area contributed by atoms with Gasteiger partial charge in [0.1, 0.15) is 11.6 Å². The van der Waals surface area contributed by atoms with Crippen LogP contribution in [0.5, 0.6) is 5.75 Å². The van der Waals surface area contributed by atoms with Gasteiger partial charge in [-0.05, 0) is 54.3 Å². The van der Waals surface area contributed by atoms with E-state index in [9.17, 15) is 17.6 Å². The molecule has 6 nitrogen and oxygen atoms in total. The van der Waals surface area contributed by atoms with Crippen LogP contribution in [-0.2, 0) is 14.8 Å². The van der Waals surface area contributed by atoms with Crippen molar-refractivity contribution in [2.75, 3.05) is 6.61 Å². The van der Waals surface area contributed by atoms with E-state index in [0.29, 0.717) is 11.7 Å². The highest BCUT2D eigenvalue weighted by atomic mass is 32.2. The normalized spacial score (nSPS) is 12.4. The Labute approximate surface area is 152 Å². The smallest absolute Gasteiger partial charge is 0.272 e. The summed E-state index contributed by atoms with van der Waals surface area (Å²) in [6, 6.07) is 11.6. The Morgan fingerprint density at radius 2 is 1.73 bits per heavy atom. The molecule has 0 unspecified atom stereocenters. The molecule has 0 aromatic heterocycles. The predicted molar refractivity (Wildman–Crippen MR) is 95.5 cm³/mol. The van der Waals surface area contributed by atoms with E-state index in [4.69, 9.17) is 4.74 Å². The van der Waals surface area contributed by atoms with Crippen LogP contribution in [0.3, 0.4) is 0 Å². The molecular formula is C18H21FN2O4S. The van der Waals surface area contributed by atoms with Gasteiger partial charge in [-0.3, -0.25) is 10.2 Å². The van der Waals surface area contributed by atoms with Gasteiger partial charge in [-0.15, -0.1) is 4.83 Å². The summed E-state index contributed by atoms with van der Waals surface area (Å²) < 4.78 is 42.3. The Balaban J connectivity index is 1.88. The Hall–Kier alpha value is -2.45. The maximum absolute atomic E-state index is 12.8. The summed E-state index contributed by atoms with van der Waals surface area (Å²) >= 11 is 0. The molecule has 2 N–H and O–H groups in total. The second-order valence-corrected chi connectivity index (χ2v) is 7.46. The first-order chi connectivity index (χ1) is 12.3. The van der Waals surface area contributed by atoms with E-state index in [1.54, 1.807) is 12.1 Å². The largest absolute Gasteiger partial charge is 0.484 e. The molecule has 0 aliphatic carbocycles. The molecule has 1 atom stereocenters. The zero-order chi connectivity index (χ0) is 19.2. The lowest BCUT2D eigenvalue weighted by Gasteiger charge is -2.11. The second-order valence-electron chi connectivity index (χ2n) is 5.77. The van der Waals surface area contributed by atoms with Crippen molar-refractivity contribution in [2.45, 2.75) is 31.1 Å². The van der Waals surface area contributed by atoms with Crippen LogP contribution in [0.15, 0.2) is 53.4 Å². The molecular weight excluding hydrogens is 359 g/mol. The number of halogens is 1. The Morgan fingerprint density at radius 1 is 1.12 bits per heavy atom. The number of hydrogen-bond donors (Lipinski definition) is 2. The lowest BCUT2D eigenvalue weighted by atomic mass is 9.99. The second kappa shape index (κ2) is 8.77. The number of amides is 1. The van der Waals surface area contributed by atoms with Crippen LogP contribution in [0.25, 0.3) is 0 Å². The van der Waals surface area contributed by atoms with Crippen molar-refractivity contribution in [2.24, 2.45) is 0 Å². The number of carbonyl (C=O) groups excluding carboxylic acids is 1. The van der Waals surface area contributed by atoms with Crippen molar-refractivity contribution >= 4 is 15.9 Å². The zero-order valence-electron chi connectivity index (χ0n) is 14.5. The van der Waals surface area contributed by atoms with Crippen molar-refractivity contribution < 1.29 is 22.3 Å². The molecule has 2 aromatic carbocycles. The summed E-state index contributed by atoms with van der Waals surface area (Å²) in [6.07, 6.45) is 0.953. The van der Waals surface area contributed by atoms with Crippen LogP contribution < -0.4 is 15.0 Å². The fraction of sp³-hybridized carbons (Fsp3) is 0.278. The first-order valence-electron chi connectivity index (χ1n) is 8.11. The maximum Gasteiger partial charge on any atom is 0.272 e. The third-order valence-corrected chi connectivity index (χ3v) is 5.14. The van der Waals surface area contributed by atoms with E-state index in [-0.39, 0.29) is 4.90 Å². The van der Waals surface area contributed by atoms with Crippen LogP contribution >= 0.6 is 0 Å². The summed E-state index contributed by atoms with van der Waals surface area (Å²) in [5, 5.41) is 0. The summed E-state index contributed by atoms with van der Waals surface area (Å²) in [6.45, 7) is 3.70. The molecule has 1 amide bonds. The number of hydrogen-bond acceptors (Lipinski definition) is 4. The Bertz CT molecular complexity index is 836.